The molecule has 6 nitrogen and oxygen atoms in total. The fraction of sp³-hybridized carbons (Fsp3) is 0.154. The maximum absolute atomic E-state index is 11.7. The number of carboxylic acid groups (broad SMARTS) is 1. The molecule has 0 saturated carbocycles. The average molecular weight is 371 g/mol. The van der Waals surface area contributed by atoms with E-state index in [1.807, 2.05) is 12.3 Å². The minimum Gasteiger partial charge on any atom is -0.483 e. The van der Waals surface area contributed by atoms with Gasteiger partial charge in [0, 0.05) is 5.38 Å². The molecule has 0 unspecified atom stereocenters. The van der Waals surface area contributed by atoms with E-state index in [0.717, 1.165) is 5.69 Å². The summed E-state index contributed by atoms with van der Waals surface area (Å²) in [5.41, 5.74) is 0.914. The molecule has 0 saturated heterocycles. The van der Waals surface area contributed by atoms with Gasteiger partial charge in [0.2, 0.25) is 0 Å². The van der Waals surface area contributed by atoms with Crippen LogP contribution in [-0.4, -0.2) is 28.6 Å². The fourth-order valence-corrected chi connectivity index (χ4v) is 2.52. The van der Waals surface area contributed by atoms with Crippen molar-refractivity contribution in [1.29, 1.82) is 0 Å². The zero-order chi connectivity index (χ0) is 15.4. The third-order valence-corrected chi connectivity index (χ3v) is 3.93. The first kappa shape index (κ1) is 15.5. The molecule has 0 bridgehead atoms. The number of aromatic carboxylic acids is 1. The summed E-state index contributed by atoms with van der Waals surface area (Å²) in [6, 6.07) is 4.35. The number of benzene rings is 1. The second-order valence-corrected chi connectivity index (χ2v) is 5.79. The van der Waals surface area contributed by atoms with E-state index in [1.54, 1.807) is 6.07 Å². The smallest absolute Gasteiger partial charge is 0.335 e. The SMILES string of the molecule is Cc1csc(NC(=O)COc2cc(C(=O)O)ccc2Br)n1. The molecule has 1 aromatic heterocycles. The van der Waals surface area contributed by atoms with E-state index >= 15 is 0 Å². The first-order chi connectivity index (χ1) is 9.95. The van der Waals surface area contributed by atoms with E-state index < -0.39 is 5.97 Å². The van der Waals surface area contributed by atoms with Gasteiger partial charge in [-0.15, -0.1) is 11.3 Å². The molecule has 0 radical (unpaired) electrons. The number of aryl methyl sites for hydroxylation is 1. The third kappa shape index (κ3) is 4.27. The zero-order valence-electron chi connectivity index (χ0n) is 10.9. The molecule has 0 aliphatic carbocycles. The summed E-state index contributed by atoms with van der Waals surface area (Å²) in [6.07, 6.45) is 0. The van der Waals surface area contributed by atoms with E-state index in [2.05, 4.69) is 26.2 Å². The van der Waals surface area contributed by atoms with Gasteiger partial charge in [0.1, 0.15) is 5.75 Å². The molecular formula is C13H11BrN2O4S. The van der Waals surface area contributed by atoms with Crippen LogP contribution in [-0.2, 0) is 4.79 Å². The van der Waals surface area contributed by atoms with E-state index in [9.17, 15) is 9.59 Å². The van der Waals surface area contributed by atoms with Crippen LogP contribution in [0.25, 0.3) is 0 Å². The van der Waals surface area contributed by atoms with Gasteiger partial charge in [-0.3, -0.25) is 10.1 Å². The molecule has 1 aromatic carbocycles. The summed E-state index contributed by atoms with van der Waals surface area (Å²) < 4.78 is 5.90. The number of carboxylic acids is 1. The van der Waals surface area contributed by atoms with Crippen molar-refractivity contribution in [2.45, 2.75) is 6.92 Å². The maximum Gasteiger partial charge on any atom is 0.335 e. The molecule has 2 N–H and O–H groups in total. The van der Waals surface area contributed by atoms with Crippen molar-refractivity contribution < 1.29 is 19.4 Å². The molecule has 21 heavy (non-hydrogen) atoms. The van der Waals surface area contributed by atoms with Crippen LogP contribution in [0.2, 0.25) is 0 Å². The molecule has 0 aliphatic rings. The molecular weight excluding hydrogens is 360 g/mol. The summed E-state index contributed by atoms with van der Waals surface area (Å²) in [4.78, 5) is 26.7. The van der Waals surface area contributed by atoms with E-state index in [1.165, 1.54) is 23.5 Å². The van der Waals surface area contributed by atoms with E-state index in [4.69, 9.17) is 9.84 Å². The molecule has 0 fully saturated rings. The molecule has 8 heteroatoms. The van der Waals surface area contributed by atoms with E-state index in [-0.39, 0.29) is 18.1 Å². The minimum atomic E-state index is -1.06. The van der Waals surface area contributed by atoms with Gasteiger partial charge in [0.05, 0.1) is 15.7 Å². The fourth-order valence-electron chi connectivity index (χ4n) is 1.46. The van der Waals surface area contributed by atoms with Crippen molar-refractivity contribution >= 4 is 44.3 Å². The monoisotopic (exact) mass is 370 g/mol. The number of hydrogen-bond donors (Lipinski definition) is 2. The summed E-state index contributed by atoms with van der Waals surface area (Å²) in [5.74, 6) is -1.13. The Kier molecular flexibility index (Phi) is 4.92. The Bertz CT molecular complexity index is 687. The summed E-state index contributed by atoms with van der Waals surface area (Å²) >= 11 is 4.56. The summed E-state index contributed by atoms with van der Waals surface area (Å²) in [5, 5.41) is 13.8. The Morgan fingerprint density at radius 3 is 2.86 bits per heavy atom. The van der Waals surface area contributed by atoms with Gasteiger partial charge in [-0.05, 0) is 41.1 Å². The molecule has 2 rings (SSSR count). The van der Waals surface area contributed by atoms with Gasteiger partial charge in [0.15, 0.2) is 11.7 Å². The summed E-state index contributed by atoms with van der Waals surface area (Å²) in [7, 11) is 0. The second-order valence-electron chi connectivity index (χ2n) is 4.08. The molecule has 2 aromatic rings. The normalized spacial score (nSPS) is 10.2. The number of carbonyl (C=O) groups excluding carboxylic acids is 1. The predicted molar refractivity (Wildman–Crippen MR) is 82.1 cm³/mol. The van der Waals surface area contributed by atoms with Crippen molar-refractivity contribution in [2.75, 3.05) is 11.9 Å². The highest BCUT2D eigenvalue weighted by Gasteiger charge is 2.11. The molecule has 1 amide bonds. The van der Waals surface area contributed by atoms with Crippen LogP contribution in [0.4, 0.5) is 5.13 Å². The third-order valence-electron chi connectivity index (χ3n) is 2.40. The molecule has 0 aliphatic heterocycles. The lowest BCUT2D eigenvalue weighted by atomic mass is 10.2. The predicted octanol–water partition coefficient (Wildman–Crippen LogP) is 2.93. The minimum absolute atomic E-state index is 0.0872. The van der Waals surface area contributed by atoms with Crippen molar-refractivity contribution in [2.24, 2.45) is 0 Å². The number of aromatic nitrogens is 1. The molecule has 0 spiro atoms. The molecule has 1 heterocycles. The highest BCUT2D eigenvalue weighted by molar-refractivity contribution is 9.10. The molecule has 0 atom stereocenters. The van der Waals surface area contributed by atoms with Crippen molar-refractivity contribution in [3.05, 3.63) is 39.3 Å². The largest absolute Gasteiger partial charge is 0.483 e. The Hall–Kier alpha value is -1.93. The number of halogens is 1. The lowest BCUT2D eigenvalue weighted by Crippen LogP contribution is -2.20. The van der Waals surface area contributed by atoms with Crippen LogP contribution < -0.4 is 10.1 Å². The summed E-state index contributed by atoms with van der Waals surface area (Å²) in [6.45, 7) is 1.59. The van der Waals surface area contributed by atoms with Gasteiger partial charge < -0.3 is 9.84 Å². The number of hydrogen-bond acceptors (Lipinski definition) is 5. The molecule has 110 valence electrons. The zero-order valence-corrected chi connectivity index (χ0v) is 13.3. The quantitative estimate of drug-likeness (QED) is 0.844. The van der Waals surface area contributed by atoms with Crippen molar-refractivity contribution in [3.63, 3.8) is 0 Å². The van der Waals surface area contributed by atoms with Crippen LogP contribution in [0.3, 0.4) is 0 Å². The average Bonchev–Trinajstić information content (AvgIpc) is 2.82. The highest BCUT2D eigenvalue weighted by Crippen LogP contribution is 2.26. The van der Waals surface area contributed by atoms with Crippen LogP contribution >= 0.6 is 27.3 Å². The van der Waals surface area contributed by atoms with Gasteiger partial charge in [-0.1, -0.05) is 0 Å². The number of carbonyl (C=O) groups is 2. The number of rotatable bonds is 5. The van der Waals surface area contributed by atoms with Crippen molar-refractivity contribution in [3.8, 4) is 5.75 Å². The second kappa shape index (κ2) is 6.68. The maximum atomic E-state index is 11.7. The first-order valence-corrected chi connectivity index (χ1v) is 7.50. The van der Waals surface area contributed by atoms with Gasteiger partial charge in [-0.2, -0.15) is 0 Å². The number of nitrogens with one attached hydrogen (secondary N) is 1. The number of ether oxygens (including phenoxy) is 1. The highest BCUT2D eigenvalue weighted by atomic mass is 79.9. The Labute approximate surface area is 132 Å². The van der Waals surface area contributed by atoms with Crippen LogP contribution in [0.5, 0.6) is 5.75 Å². The lowest BCUT2D eigenvalue weighted by molar-refractivity contribution is -0.118. The number of anilines is 1. The van der Waals surface area contributed by atoms with Gasteiger partial charge in [0.25, 0.3) is 5.91 Å². The van der Waals surface area contributed by atoms with Gasteiger partial charge >= 0.3 is 5.97 Å². The van der Waals surface area contributed by atoms with Crippen LogP contribution in [0.1, 0.15) is 16.1 Å². The van der Waals surface area contributed by atoms with Crippen LogP contribution in [0, 0.1) is 6.92 Å². The number of thiazole rings is 1. The Balaban J connectivity index is 1.97. The topological polar surface area (TPSA) is 88.5 Å². The van der Waals surface area contributed by atoms with Crippen molar-refractivity contribution in [1.82, 2.24) is 4.98 Å². The Morgan fingerprint density at radius 2 is 2.24 bits per heavy atom. The van der Waals surface area contributed by atoms with Gasteiger partial charge in [-0.25, -0.2) is 9.78 Å². The lowest BCUT2D eigenvalue weighted by Gasteiger charge is -2.08. The number of nitrogens with zero attached hydrogens (tertiary/aromatic N) is 1. The standard InChI is InChI=1S/C13H11BrN2O4S/c1-7-6-21-13(15-7)16-11(17)5-20-10-4-8(12(18)19)2-3-9(10)14/h2-4,6H,5H2,1H3,(H,18,19)(H,15,16,17). The first-order valence-electron chi connectivity index (χ1n) is 5.83. The van der Waals surface area contributed by atoms with Crippen LogP contribution in [0.15, 0.2) is 28.1 Å². The Morgan fingerprint density at radius 1 is 1.48 bits per heavy atom. The number of amides is 1. The van der Waals surface area contributed by atoms with E-state index in [0.29, 0.717) is 15.4 Å².